The van der Waals surface area contributed by atoms with Crippen LogP contribution in [0.4, 0.5) is 17.1 Å². The van der Waals surface area contributed by atoms with Crippen LogP contribution in [0.2, 0.25) is 0 Å². The van der Waals surface area contributed by atoms with Crippen molar-refractivity contribution in [1.82, 2.24) is 9.78 Å². The van der Waals surface area contributed by atoms with Crippen molar-refractivity contribution in [3.05, 3.63) is 72.1 Å². The quantitative estimate of drug-likeness (QED) is 0.657. The van der Waals surface area contributed by atoms with Crippen molar-refractivity contribution < 1.29 is 4.79 Å². The van der Waals surface area contributed by atoms with E-state index >= 15 is 0 Å². The van der Waals surface area contributed by atoms with E-state index in [2.05, 4.69) is 29.6 Å². The number of hydrogen-bond donors (Lipinski definition) is 2. The van der Waals surface area contributed by atoms with E-state index in [1.165, 1.54) is 0 Å². The lowest BCUT2D eigenvalue weighted by atomic mass is 10.1. The van der Waals surface area contributed by atoms with Crippen LogP contribution in [0.5, 0.6) is 0 Å². The molecule has 3 rings (SSSR count). The standard InChI is InChI=1S/C21H24N4O/c1-4-25-20(14-19(24-25)15(2)3)21(26)23-18-12-10-17(11-13-18)22-16-8-6-5-7-9-16/h5-15,22H,4H2,1-3H3,(H,23,26). The predicted molar refractivity (Wildman–Crippen MR) is 106 cm³/mol. The highest BCUT2D eigenvalue weighted by atomic mass is 16.2. The maximum atomic E-state index is 12.6. The molecule has 5 nitrogen and oxygen atoms in total. The molecular weight excluding hydrogens is 324 g/mol. The molecule has 0 spiro atoms. The molecule has 0 unspecified atom stereocenters. The third kappa shape index (κ3) is 4.11. The minimum Gasteiger partial charge on any atom is -0.356 e. The normalized spacial score (nSPS) is 10.8. The molecule has 1 heterocycles. The average molecular weight is 348 g/mol. The Bertz CT molecular complexity index is 867. The third-order valence-electron chi connectivity index (χ3n) is 4.13. The van der Waals surface area contributed by atoms with Crippen LogP contribution >= 0.6 is 0 Å². The van der Waals surface area contributed by atoms with Gasteiger partial charge in [0.05, 0.1) is 5.69 Å². The molecule has 2 N–H and O–H groups in total. The Hall–Kier alpha value is -3.08. The Morgan fingerprint density at radius 1 is 1.00 bits per heavy atom. The largest absolute Gasteiger partial charge is 0.356 e. The maximum Gasteiger partial charge on any atom is 0.273 e. The minimum atomic E-state index is -0.144. The lowest BCUT2D eigenvalue weighted by Gasteiger charge is -2.09. The van der Waals surface area contributed by atoms with Crippen molar-refractivity contribution in [2.75, 3.05) is 10.6 Å². The second-order valence-electron chi connectivity index (χ2n) is 6.45. The van der Waals surface area contributed by atoms with Crippen LogP contribution in [0.15, 0.2) is 60.7 Å². The van der Waals surface area contributed by atoms with E-state index in [0.717, 1.165) is 22.8 Å². The summed E-state index contributed by atoms with van der Waals surface area (Å²) in [5.41, 5.74) is 4.26. The van der Waals surface area contributed by atoms with Gasteiger partial charge in [0, 0.05) is 23.6 Å². The number of hydrogen-bond acceptors (Lipinski definition) is 3. The molecule has 0 aliphatic heterocycles. The minimum absolute atomic E-state index is 0.144. The summed E-state index contributed by atoms with van der Waals surface area (Å²) in [4.78, 5) is 12.6. The number of amides is 1. The molecule has 134 valence electrons. The first-order chi connectivity index (χ1) is 12.6. The van der Waals surface area contributed by atoms with Crippen molar-refractivity contribution in [1.29, 1.82) is 0 Å². The third-order valence-corrected chi connectivity index (χ3v) is 4.13. The second kappa shape index (κ2) is 7.87. The molecule has 26 heavy (non-hydrogen) atoms. The predicted octanol–water partition coefficient (Wildman–Crippen LogP) is 5.02. The highest BCUT2D eigenvalue weighted by Crippen LogP contribution is 2.20. The number of nitrogens with one attached hydrogen (secondary N) is 2. The molecule has 0 saturated heterocycles. The van der Waals surface area contributed by atoms with Gasteiger partial charge in [-0.15, -0.1) is 0 Å². The number of anilines is 3. The number of nitrogens with zero attached hydrogens (tertiary/aromatic N) is 2. The number of rotatable bonds is 6. The Morgan fingerprint density at radius 3 is 2.23 bits per heavy atom. The van der Waals surface area contributed by atoms with Gasteiger partial charge >= 0.3 is 0 Å². The van der Waals surface area contributed by atoms with Gasteiger partial charge in [-0.1, -0.05) is 32.0 Å². The number of aryl methyl sites for hydroxylation is 1. The first-order valence-electron chi connectivity index (χ1n) is 8.88. The van der Waals surface area contributed by atoms with E-state index in [0.29, 0.717) is 12.2 Å². The van der Waals surface area contributed by atoms with Crippen LogP contribution in [0, 0.1) is 0 Å². The Morgan fingerprint density at radius 2 is 1.62 bits per heavy atom. The Labute approximate surface area is 154 Å². The summed E-state index contributed by atoms with van der Waals surface area (Å²) in [5, 5.41) is 10.8. The first-order valence-corrected chi connectivity index (χ1v) is 8.88. The Balaban J connectivity index is 1.70. The monoisotopic (exact) mass is 348 g/mol. The summed E-state index contributed by atoms with van der Waals surface area (Å²) >= 11 is 0. The van der Waals surface area contributed by atoms with Crippen LogP contribution < -0.4 is 10.6 Å². The van der Waals surface area contributed by atoms with Crippen molar-refractivity contribution in [2.24, 2.45) is 0 Å². The fraction of sp³-hybridized carbons (Fsp3) is 0.238. The summed E-state index contributed by atoms with van der Waals surface area (Å²) in [6, 6.07) is 19.5. The van der Waals surface area contributed by atoms with Gasteiger partial charge in [0.25, 0.3) is 5.91 Å². The number of benzene rings is 2. The summed E-state index contributed by atoms with van der Waals surface area (Å²) < 4.78 is 1.75. The number of carbonyl (C=O) groups excluding carboxylic acids is 1. The van der Waals surface area contributed by atoms with E-state index in [9.17, 15) is 4.79 Å². The van der Waals surface area contributed by atoms with Crippen LogP contribution in [-0.4, -0.2) is 15.7 Å². The lowest BCUT2D eigenvalue weighted by Crippen LogP contribution is -2.17. The number of para-hydroxylation sites is 1. The van der Waals surface area contributed by atoms with Crippen LogP contribution in [-0.2, 0) is 6.54 Å². The van der Waals surface area contributed by atoms with E-state index in [4.69, 9.17) is 0 Å². The molecule has 0 atom stereocenters. The number of carbonyl (C=O) groups is 1. The zero-order valence-electron chi connectivity index (χ0n) is 15.4. The molecule has 0 bridgehead atoms. The van der Waals surface area contributed by atoms with Gasteiger partial charge in [0.2, 0.25) is 0 Å². The van der Waals surface area contributed by atoms with Crippen LogP contribution in [0.3, 0.4) is 0 Å². The summed E-state index contributed by atoms with van der Waals surface area (Å²) in [7, 11) is 0. The van der Waals surface area contributed by atoms with E-state index in [1.807, 2.05) is 67.6 Å². The summed E-state index contributed by atoms with van der Waals surface area (Å²) in [6.45, 7) is 6.79. The molecule has 0 radical (unpaired) electrons. The fourth-order valence-electron chi connectivity index (χ4n) is 2.66. The fourth-order valence-corrected chi connectivity index (χ4v) is 2.66. The highest BCUT2D eigenvalue weighted by Gasteiger charge is 2.16. The van der Waals surface area contributed by atoms with E-state index in [1.54, 1.807) is 4.68 Å². The SMILES string of the molecule is CCn1nc(C(C)C)cc1C(=O)Nc1ccc(Nc2ccccc2)cc1. The van der Waals surface area contributed by atoms with E-state index < -0.39 is 0 Å². The van der Waals surface area contributed by atoms with Crippen LogP contribution in [0.25, 0.3) is 0 Å². The molecule has 5 heteroatoms. The average Bonchev–Trinajstić information content (AvgIpc) is 3.09. The van der Waals surface area contributed by atoms with Gasteiger partial charge in [-0.05, 0) is 55.3 Å². The topological polar surface area (TPSA) is 59.0 Å². The van der Waals surface area contributed by atoms with Crippen molar-refractivity contribution >= 4 is 23.0 Å². The first kappa shape index (κ1) is 17.7. The second-order valence-corrected chi connectivity index (χ2v) is 6.45. The van der Waals surface area contributed by atoms with Gasteiger partial charge in [0.15, 0.2) is 0 Å². The van der Waals surface area contributed by atoms with Gasteiger partial charge in [-0.25, -0.2) is 0 Å². The molecule has 0 saturated carbocycles. The molecule has 0 aliphatic rings. The summed E-state index contributed by atoms with van der Waals surface area (Å²) in [6.07, 6.45) is 0. The maximum absolute atomic E-state index is 12.6. The van der Waals surface area contributed by atoms with Gasteiger partial charge in [-0.2, -0.15) is 5.10 Å². The molecule has 3 aromatic rings. The lowest BCUT2D eigenvalue weighted by molar-refractivity contribution is 0.101. The molecule has 2 aromatic carbocycles. The van der Waals surface area contributed by atoms with Crippen LogP contribution in [0.1, 0.15) is 42.9 Å². The van der Waals surface area contributed by atoms with Crippen molar-refractivity contribution in [2.45, 2.75) is 33.2 Å². The molecule has 0 aliphatic carbocycles. The molecular formula is C21H24N4O. The summed E-state index contributed by atoms with van der Waals surface area (Å²) in [5.74, 6) is 0.146. The molecule has 1 aromatic heterocycles. The van der Waals surface area contributed by atoms with Gasteiger partial charge in [-0.3, -0.25) is 9.48 Å². The van der Waals surface area contributed by atoms with Crippen molar-refractivity contribution in [3.63, 3.8) is 0 Å². The number of aromatic nitrogens is 2. The van der Waals surface area contributed by atoms with Gasteiger partial charge < -0.3 is 10.6 Å². The van der Waals surface area contributed by atoms with Gasteiger partial charge in [0.1, 0.15) is 5.69 Å². The zero-order valence-corrected chi connectivity index (χ0v) is 15.4. The molecule has 1 amide bonds. The van der Waals surface area contributed by atoms with E-state index in [-0.39, 0.29) is 11.8 Å². The van der Waals surface area contributed by atoms with Crippen molar-refractivity contribution in [3.8, 4) is 0 Å². The molecule has 0 fully saturated rings. The smallest absolute Gasteiger partial charge is 0.273 e. The zero-order chi connectivity index (χ0) is 18.5. The Kier molecular flexibility index (Phi) is 5.37. The highest BCUT2D eigenvalue weighted by molar-refractivity contribution is 6.03.